The molecule has 1 heterocycles. The Labute approximate surface area is 113 Å². The largest absolute Gasteiger partial charge is 0.381 e. The van der Waals surface area contributed by atoms with Gasteiger partial charge in [0.15, 0.2) is 0 Å². The van der Waals surface area contributed by atoms with Gasteiger partial charge in [0, 0.05) is 31.8 Å². The Morgan fingerprint density at radius 1 is 1.17 bits per heavy atom. The van der Waals surface area contributed by atoms with Crippen molar-refractivity contribution in [1.29, 1.82) is 0 Å². The van der Waals surface area contributed by atoms with E-state index in [0.717, 1.165) is 25.7 Å². The molecule has 3 heteroatoms. The first-order valence-corrected chi connectivity index (χ1v) is 7.67. The number of hydrogen-bond acceptors (Lipinski definition) is 3. The fourth-order valence-corrected chi connectivity index (χ4v) is 3.31. The topological polar surface area (TPSA) is 38.5 Å². The van der Waals surface area contributed by atoms with Gasteiger partial charge in [-0.25, -0.2) is 0 Å². The molecule has 0 spiro atoms. The molecule has 1 aliphatic rings. The lowest BCUT2D eigenvalue weighted by atomic mass is 9.85. The summed E-state index contributed by atoms with van der Waals surface area (Å²) in [5, 5.41) is 0. The predicted molar refractivity (Wildman–Crippen MR) is 77.8 cm³/mol. The maximum absolute atomic E-state index is 6.12. The first-order chi connectivity index (χ1) is 8.68. The quantitative estimate of drug-likeness (QED) is 0.725. The molecule has 0 aromatic carbocycles. The van der Waals surface area contributed by atoms with E-state index in [4.69, 9.17) is 10.5 Å². The van der Waals surface area contributed by atoms with Crippen LogP contribution in [-0.2, 0) is 4.74 Å². The third-order valence-electron chi connectivity index (χ3n) is 4.49. The highest BCUT2D eigenvalue weighted by Crippen LogP contribution is 2.27. The minimum atomic E-state index is 0.224. The summed E-state index contributed by atoms with van der Waals surface area (Å²) in [5.41, 5.74) is 6.34. The van der Waals surface area contributed by atoms with Crippen LogP contribution in [0.2, 0.25) is 0 Å². The van der Waals surface area contributed by atoms with Gasteiger partial charge >= 0.3 is 0 Å². The molecule has 0 aliphatic carbocycles. The van der Waals surface area contributed by atoms with Crippen LogP contribution in [0, 0.1) is 5.92 Å². The van der Waals surface area contributed by atoms with E-state index in [-0.39, 0.29) is 5.54 Å². The average Bonchev–Trinajstić information content (AvgIpc) is 2.39. The van der Waals surface area contributed by atoms with Crippen molar-refractivity contribution in [2.45, 2.75) is 57.9 Å². The molecular formula is C15H32N2O. The van der Waals surface area contributed by atoms with Crippen molar-refractivity contribution in [3.63, 3.8) is 0 Å². The Hall–Kier alpha value is -0.120. The zero-order valence-corrected chi connectivity index (χ0v) is 12.6. The number of rotatable bonds is 8. The fraction of sp³-hybridized carbons (Fsp3) is 1.00. The Morgan fingerprint density at radius 2 is 1.72 bits per heavy atom. The first-order valence-electron chi connectivity index (χ1n) is 7.67. The van der Waals surface area contributed by atoms with E-state index in [1.54, 1.807) is 0 Å². The predicted octanol–water partition coefficient (Wildman–Crippen LogP) is 2.64. The molecule has 0 aromatic heterocycles. The van der Waals surface area contributed by atoms with Gasteiger partial charge in [-0.2, -0.15) is 0 Å². The molecule has 0 aromatic rings. The van der Waals surface area contributed by atoms with Crippen molar-refractivity contribution in [3.8, 4) is 0 Å². The number of nitrogens with zero attached hydrogens (tertiary/aromatic N) is 1. The highest BCUT2D eigenvalue weighted by molar-refractivity contribution is 4.90. The molecule has 1 saturated heterocycles. The molecule has 0 atom stereocenters. The van der Waals surface area contributed by atoms with E-state index in [1.807, 2.05) is 0 Å². The summed E-state index contributed by atoms with van der Waals surface area (Å²) in [6, 6.07) is 0. The van der Waals surface area contributed by atoms with Crippen LogP contribution in [-0.4, -0.2) is 43.8 Å². The zero-order chi connectivity index (χ0) is 13.4. The van der Waals surface area contributed by atoms with Crippen molar-refractivity contribution >= 4 is 0 Å². The van der Waals surface area contributed by atoms with E-state index < -0.39 is 0 Å². The summed E-state index contributed by atoms with van der Waals surface area (Å²) in [5.74, 6) is 0.795. The van der Waals surface area contributed by atoms with Crippen LogP contribution in [0.3, 0.4) is 0 Å². The molecule has 3 nitrogen and oxygen atoms in total. The molecule has 0 amide bonds. The van der Waals surface area contributed by atoms with Crippen molar-refractivity contribution in [2.75, 3.05) is 33.4 Å². The van der Waals surface area contributed by atoms with E-state index in [1.165, 1.54) is 45.1 Å². The summed E-state index contributed by atoms with van der Waals surface area (Å²) in [6.07, 6.45) is 7.30. The number of hydrogen-bond donors (Lipinski definition) is 1. The number of likely N-dealkylation sites (N-methyl/N-ethyl adjacent to an activating group) is 1. The number of ether oxygens (including phenoxy) is 1. The molecule has 0 radical (unpaired) electrons. The van der Waals surface area contributed by atoms with Crippen LogP contribution in [0.15, 0.2) is 0 Å². The van der Waals surface area contributed by atoms with E-state index >= 15 is 0 Å². The lowest BCUT2D eigenvalue weighted by molar-refractivity contribution is 0.0285. The van der Waals surface area contributed by atoms with Gasteiger partial charge in [-0.15, -0.1) is 0 Å². The van der Waals surface area contributed by atoms with E-state index in [9.17, 15) is 0 Å². The summed E-state index contributed by atoms with van der Waals surface area (Å²) >= 11 is 0. The molecule has 18 heavy (non-hydrogen) atoms. The van der Waals surface area contributed by atoms with Gasteiger partial charge in [-0.1, -0.05) is 26.7 Å². The van der Waals surface area contributed by atoms with Crippen LogP contribution in [0.4, 0.5) is 0 Å². The SMILES string of the molecule is CCCC(CN)(CCC)N(C)CC1CCOCC1. The molecule has 1 aliphatic heterocycles. The van der Waals surface area contributed by atoms with Crippen LogP contribution in [0.1, 0.15) is 52.4 Å². The van der Waals surface area contributed by atoms with Gasteiger partial charge < -0.3 is 10.5 Å². The van der Waals surface area contributed by atoms with E-state index in [0.29, 0.717) is 0 Å². The average molecular weight is 256 g/mol. The second-order valence-electron chi connectivity index (χ2n) is 5.86. The lowest BCUT2D eigenvalue weighted by Gasteiger charge is -2.43. The van der Waals surface area contributed by atoms with Gasteiger partial charge in [-0.3, -0.25) is 4.90 Å². The molecule has 1 fully saturated rings. The Balaban J connectivity index is 2.58. The zero-order valence-electron chi connectivity index (χ0n) is 12.6. The molecule has 2 N–H and O–H groups in total. The second-order valence-corrected chi connectivity index (χ2v) is 5.86. The highest BCUT2D eigenvalue weighted by atomic mass is 16.5. The smallest absolute Gasteiger partial charge is 0.0469 e. The summed E-state index contributed by atoms with van der Waals surface area (Å²) in [7, 11) is 2.27. The maximum atomic E-state index is 6.12. The van der Waals surface area contributed by atoms with Crippen molar-refractivity contribution in [1.82, 2.24) is 4.90 Å². The summed E-state index contributed by atoms with van der Waals surface area (Å²) in [4.78, 5) is 2.55. The summed E-state index contributed by atoms with van der Waals surface area (Å²) in [6.45, 7) is 8.38. The van der Waals surface area contributed by atoms with Crippen molar-refractivity contribution in [3.05, 3.63) is 0 Å². The monoisotopic (exact) mass is 256 g/mol. The van der Waals surface area contributed by atoms with Crippen molar-refractivity contribution in [2.24, 2.45) is 11.7 Å². The van der Waals surface area contributed by atoms with Gasteiger partial charge in [-0.05, 0) is 38.6 Å². The molecular weight excluding hydrogens is 224 g/mol. The third-order valence-corrected chi connectivity index (χ3v) is 4.49. The standard InChI is InChI=1S/C15H32N2O/c1-4-8-15(13-16,9-5-2)17(3)12-14-6-10-18-11-7-14/h14H,4-13,16H2,1-3H3. The molecule has 0 saturated carbocycles. The first kappa shape index (κ1) is 15.9. The fourth-order valence-electron chi connectivity index (χ4n) is 3.31. The van der Waals surface area contributed by atoms with Crippen LogP contribution >= 0.6 is 0 Å². The van der Waals surface area contributed by atoms with Crippen molar-refractivity contribution < 1.29 is 4.74 Å². The van der Waals surface area contributed by atoms with E-state index in [2.05, 4.69) is 25.8 Å². The molecule has 108 valence electrons. The molecule has 0 unspecified atom stereocenters. The Kier molecular flexibility index (Phi) is 7.20. The molecule has 1 rings (SSSR count). The van der Waals surface area contributed by atoms with Gasteiger partial charge in [0.1, 0.15) is 0 Å². The van der Waals surface area contributed by atoms with Crippen LogP contribution < -0.4 is 5.73 Å². The summed E-state index contributed by atoms with van der Waals surface area (Å²) < 4.78 is 5.45. The number of nitrogens with two attached hydrogens (primary N) is 1. The Morgan fingerprint density at radius 3 is 2.17 bits per heavy atom. The maximum Gasteiger partial charge on any atom is 0.0469 e. The normalized spacial score (nSPS) is 18.5. The van der Waals surface area contributed by atoms with Crippen LogP contribution in [0.25, 0.3) is 0 Å². The lowest BCUT2D eigenvalue weighted by Crippen LogP contribution is -2.53. The van der Waals surface area contributed by atoms with Crippen LogP contribution in [0.5, 0.6) is 0 Å². The minimum Gasteiger partial charge on any atom is -0.381 e. The van der Waals surface area contributed by atoms with Gasteiger partial charge in [0.2, 0.25) is 0 Å². The minimum absolute atomic E-state index is 0.224. The third kappa shape index (κ3) is 4.22. The molecule has 0 bridgehead atoms. The second kappa shape index (κ2) is 8.13. The Bertz CT molecular complexity index is 209. The van der Waals surface area contributed by atoms with Gasteiger partial charge in [0.05, 0.1) is 0 Å². The highest BCUT2D eigenvalue weighted by Gasteiger charge is 2.32. The van der Waals surface area contributed by atoms with Gasteiger partial charge in [0.25, 0.3) is 0 Å².